The summed E-state index contributed by atoms with van der Waals surface area (Å²) in [4.78, 5) is 2.32. The highest BCUT2D eigenvalue weighted by Crippen LogP contribution is 2.15. The van der Waals surface area contributed by atoms with Crippen molar-refractivity contribution >= 4 is 0 Å². The lowest BCUT2D eigenvalue weighted by atomic mass is 9.94. The van der Waals surface area contributed by atoms with Crippen LogP contribution in [0.1, 0.15) is 26.7 Å². The Morgan fingerprint density at radius 2 is 2.31 bits per heavy atom. The second-order valence-corrected chi connectivity index (χ2v) is 4.25. The minimum absolute atomic E-state index is 0.165. The number of aliphatic hydroxyl groups is 1. The van der Waals surface area contributed by atoms with Crippen LogP contribution >= 0.6 is 0 Å². The predicted octanol–water partition coefficient (Wildman–Crippen LogP) is 0.426. The first-order valence-electron chi connectivity index (χ1n) is 5.29. The molecule has 0 aliphatic carbocycles. The number of rotatable bonds is 3. The molecule has 3 atom stereocenters. The van der Waals surface area contributed by atoms with E-state index in [1.807, 2.05) is 6.92 Å². The summed E-state index contributed by atoms with van der Waals surface area (Å²) < 4.78 is 0. The molecule has 0 aromatic rings. The van der Waals surface area contributed by atoms with Gasteiger partial charge in [-0.15, -0.1) is 0 Å². The van der Waals surface area contributed by atoms with Crippen LogP contribution in [0.5, 0.6) is 0 Å². The molecule has 1 aliphatic rings. The molecule has 2 unspecified atom stereocenters. The van der Waals surface area contributed by atoms with E-state index in [9.17, 15) is 5.11 Å². The average Bonchev–Trinajstić information content (AvgIpc) is 2.11. The Balaban J connectivity index is 2.29. The summed E-state index contributed by atoms with van der Waals surface area (Å²) in [6.45, 7) is 7.10. The predicted molar refractivity (Wildman–Crippen MR) is 54.5 cm³/mol. The third-order valence-corrected chi connectivity index (χ3v) is 3.00. The molecule has 1 fully saturated rings. The fourth-order valence-corrected chi connectivity index (χ4v) is 1.84. The molecule has 1 heterocycles. The van der Waals surface area contributed by atoms with Crippen LogP contribution < -0.4 is 5.73 Å². The minimum atomic E-state index is -0.165. The van der Waals surface area contributed by atoms with Gasteiger partial charge < -0.3 is 15.7 Å². The van der Waals surface area contributed by atoms with Gasteiger partial charge in [0.1, 0.15) is 0 Å². The van der Waals surface area contributed by atoms with Gasteiger partial charge in [-0.2, -0.15) is 0 Å². The number of likely N-dealkylation sites (tertiary alicyclic amines) is 1. The highest BCUT2D eigenvalue weighted by Gasteiger charge is 2.23. The second-order valence-electron chi connectivity index (χ2n) is 4.25. The van der Waals surface area contributed by atoms with Crippen LogP contribution in [0.2, 0.25) is 0 Å². The number of nitrogens with two attached hydrogens (primary N) is 1. The van der Waals surface area contributed by atoms with Crippen LogP contribution in [0.4, 0.5) is 0 Å². The molecule has 0 radical (unpaired) electrons. The van der Waals surface area contributed by atoms with Crippen LogP contribution in [0.15, 0.2) is 0 Å². The van der Waals surface area contributed by atoms with Crippen LogP contribution in [0.3, 0.4) is 0 Å². The Morgan fingerprint density at radius 3 is 2.85 bits per heavy atom. The standard InChI is InChI=1S/C10H22N2O/c1-3-9(13)7-12-5-4-10(11)8(2)6-12/h8-10,13H,3-7,11H2,1-2H3/t8?,9-,10?/m1/s1. The van der Waals surface area contributed by atoms with E-state index in [1.54, 1.807) is 0 Å². The van der Waals surface area contributed by atoms with Crippen molar-refractivity contribution in [3.63, 3.8) is 0 Å². The van der Waals surface area contributed by atoms with Crippen molar-refractivity contribution in [2.75, 3.05) is 19.6 Å². The molecule has 78 valence electrons. The first-order valence-corrected chi connectivity index (χ1v) is 5.29. The molecule has 3 N–H and O–H groups in total. The molecule has 0 bridgehead atoms. The van der Waals surface area contributed by atoms with Gasteiger partial charge in [0.25, 0.3) is 0 Å². The van der Waals surface area contributed by atoms with Crippen molar-refractivity contribution in [1.29, 1.82) is 0 Å². The number of nitrogens with zero attached hydrogens (tertiary/aromatic N) is 1. The Bertz CT molecular complexity index is 150. The third kappa shape index (κ3) is 3.25. The summed E-state index contributed by atoms with van der Waals surface area (Å²) in [6.07, 6.45) is 1.75. The van der Waals surface area contributed by atoms with Crippen molar-refractivity contribution in [3.8, 4) is 0 Å². The van der Waals surface area contributed by atoms with E-state index in [2.05, 4.69) is 11.8 Å². The Labute approximate surface area is 80.9 Å². The van der Waals surface area contributed by atoms with E-state index in [0.717, 1.165) is 32.5 Å². The van der Waals surface area contributed by atoms with Crippen molar-refractivity contribution in [2.24, 2.45) is 11.7 Å². The normalized spacial score (nSPS) is 33.2. The van der Waals surface area contributed by atoms with Gasteiger partial charge in [0.15, 0.2) is 0 Å². The summed E-state index contributed by atoms with van der Waals surface area (Å²) in [5, 5.41) is 9.49. The number of piperidine rings is 1. The second kappa shape index (κ2) is 4.94. The number of hydrogen-bond acceptors (Lipinski definition) is 3. The number of hydrogen-bond donors (Lipinski definition) is 2. The van der Waals surface area contributed by atoms with E-state index >= 15 is 0 Å². The Hall–Kier alpha value is -0.120. The molecule has 3 nitrogen and oxygen atoms in total. The smallest absolute Gasteiger partial charge is 0.0664 e. The fourth-order valence-electron chi connectivity index (χ4n) is 1.84. The maximum Gasteiger partial charge on any atom is 0.0664 e. The van der Waals surface area contributed by atoms with Gasteiger partial charge in [0, 0.05) is 19.1 Å². The molecule has 13 heavy (non-hydrogen) atoms. The summed E-state index contributed by atoms with van der Waals surface area (Å²) in [6, 6.07) is 0.356. The van der Waals surface area contributed by atoms with Gasteiger partial charge in [-0.3, -0.25) is 0 Å². The highest BCUT2D eigenvalue weighted by molar-refractivity contribution is 4.80. The number of β-amino-alcohol motifs (C(OH)–C–C–N with tert-alkyl or cyclic N) is 1. The van der Waals surface area contributed by atoms with Crippen molar-refractivity contribution in [3.05, 3.63) is 0 Å². The van der Waals surface area contributed by atoms with Gasteiger partial charge in [-0.1, -0.05) is 13.8 Å². The van der Waals surface area contributed by atoms with Crippen LogP contribution in [-0.2, 0) is 0 Å². The minimum Gasteiger partial charge on any atom is -0.392 e. The van der Waals surface area contributed by atoms with Crippen molar-refractivity contribution in [1.82, 2.24) is 4.90 Å². The van der Waals surface area contributed by atoms with Gasteiger partial charge >= 0.3 is 0 Å². The molecular weight excluding hydrogens is 164 g/mol. The first kappa shape index (κ1) is 11.0. The lowest BCUT2D eigenvalue weighted by Crippen LogP contribution is -2.47. The zero-order chi connectivity index (χ0) is 9.84. The summed E-state index contributed by atoms with van der Waals surface area (Å²) >= 11 is 0. The summed E-state index contributed by atoms with van der Waals surface area (Å²) in [5.74, 6) is 0.567. The quantitative estimate of drug-likeness (QED) is 0.672. The molecule has 1 rings (SSSR count). The van der Waals surface area contributed by atoms with E-state index < -0.39 is 0 Å². The molecule has 0 spiro atoms. The van der Waals surface area contributed by atoms with E-state index in [4.69, 9.17) is 5.73 Å². The van der Waals surface area contributed by atoms with Gasteiger partial charge in [0.05, 0.1) is 6.10 Å². The molecule has 0 aromatic carbocycles. The third-order valence-electron chi connectivity index (χ3n) is 3.00. The zero-order valence-corrected chi connectivity index (χ0v) is 8.74. The summed E-state index contributed by atoms with van der Waals surface area (Å²) in [7, 11) is 0. The van der Waals surface area contributed by atoms with Crippen molar-refractivity contribution < 1.29 is 5.11 Å². The summed E-state index contributed by atoms with van der Waals surface area (Å²) in [5.41, 5.74) is 5.91. The van der Waals surface area contributed by atoms with E-state index in [-0.39, 0.29) is 6.10 Å². The molecule has 1 saturated heterocycles. The van der Waals surface area contributed by atoms with E-state index in [1.165, 1.54) is 0 Å². The lowest BCUT2D eigenvalue weighted by Gasteiger charge is -2.35. The molecule has 0 aromatic heterocycles. The average molecular weight is 186 g/mol. The van der Waals surface area contributed by atoms with Crippen LogP contribution in [0.25, 0.3) is 0 Å². The molecule has 1 aliphatic heterocycles. The van der Waals surface area contributed by atoms with Gasteiger partial charge in [0.2, 0.25) is 0 Å². The van der Waals surface area contributed by atoms with Crippen LogP contribution in [0, 0.1) is 5.92 Å². The topological polar surface area (TPSA) is 49.5 Å². The molecule has 3 heteroatoms. The monoisotopic (exact) mass is 186 g/mol. The number of aliphatic hydroxyl groups excluding tert-OH is 1. The Kier molecular flexibility index (Phi) is 4.16. The maximum absolute atomic E-state index is 9.49. The fraction of sp³-hybridized carbons (Fsp3) is 1.00. The molecule has 0 saturated carbocycles. The first-order chi connectivity index (χ1) is 6.13. The SMILES string of the molecule is CC[C@@H](O)CN1CCC(N)C(C)C1. The van der Waals surface area contributed by atoms with Gasteiger partial charge in [-0.25, -0.2) is 0 Å². The lowest BCUT2D eigenvalue weighted by molar-refractivity contribution is 0.0792. The highest BCUT2D eigenvalue weighted by atomic mass is 16.3. The Morgan fingerprint density at radius 1 is 1.62 bits per heavy atom. The zero-order valence-electron chi connectivity index (χ0n) is 8.74. The molecular formula is C10H22N2O. The maximum atomic E-state index is 9.49. The molecule has 0 amide bonds. The van der Waals surface area contributed by atoms with Crippen LogP contribution in [-0.4, -0.2) is 41.8 Å². The largest absolute Gasteiger partial charge is 0.392 e. The van der Waals surface area contributed by atoms with Gasteiger partial charge in [-0.05, 0) is 25.3 Å². The van der Waals surface area contributed by atoms with E-state index in [0.29, 0.717) is 12.0 Å². The van der Waals surface area contributed by atoms with Crippen molar-refractivity contribution in [2.45, 2.75) is 38.8 Å².